The first kappa shape index (κ1) is 24.1. The van der Waals surface area contributed by atoms with Gasteiger partial charge in [-0.1, -0.05) is 12.1 Å². The summed E-state index contributed by atoms with van der Waals surface area (Å²) in [7, 11) is 7.81. The maximum atomic E-state index is 14.8. The molecule has 2 aromatic rings. The van der Waals surface area contributed by atoms with Crippen molar-refractivity contribution >= 4 is 29.6 Å². The van der Waals surface area contributed by atoms with Crippen molar-refractivity contribution in [2.24, 2.45) is 0 Å². The predicted octanol–water partition coefficient (Wildman–Crippen LogP) is 4.69. The molecule has 7 heteroatoms. The fourth-order valence-electron chi connectivity index (χ4n) is 4.47. The third kappa shape index (κ3) is 3.81. The van der Waals surface area contributed by atoms with Gasteiger partial charge < -0.3 is 18.9 Å². The highest BCUT2D eigenvalue weighted by molar-refractivity contribution is 7.71. The molecule has 0 fully saturated rings. The van der Waals surface area contributed by atoms with Gasteiger partial charge in [-0.3, -0.25) is 4.57 Å². The number of anilines is 1. The Hall–Kier alpha value is -3.08. The SMILES string of the molecule is CCOP1(=O)C2=CC(=[N+](C)C)C=CC2=C(c2c(OC)cccc2OC)c2ccc(N(C)C)cc21. The minimum Gasteiger partial charge on any atom is -0.496 e. The Bertz CT molecular complexity index is 1290. The van der Waals surface area contributed by atoms with Gasteiger partial charge in [0, 0.05) is 37.5 Å². The van der Waals surface area contributed by atoms with Crippen LogP contribution in [-0.4, -0.2) is 59.3 Å². The first-order chi connectivity index (χ1) is 16.3. The third-order valence-corrected chi connectivity index (χ3v) is 8.79. The van der Waals surface area contributed by atoms with E-state index in [0.717, 1.165) is 33.7 Å². The molecule has 178 valence electrons. The summed E-state index contributed by atoms with van der Waals surface area (Å²) in [5, 5.41) is 1.37. The molecular formula is C27H32N2O4P+. The molecule has 0 saturated heterocycles. The van der Waals surface area contributed by atoms with Gasteiger partial charge >= 0.3 is 0 Å². The molecule has 0 N–H and O–H groups in total. The summed E-state index contributed by atoms with van der Waals surface area (Å²) in [5.74, 6) is 1.38. The number of hydrogen-bond donors (Lipinski definition) is 0. The van der Waals surface area contributed by atoms with Crippen LogP contribution < -0.4 is 19.7 Å². The zero-order chi connectivity index (χ0) is 24.6. The maximum absolute atomic E-state index is 14.8. The van der Waals surface area contributed by atoms with Crippen molar-refractivity contribution in [2.45, 2.75) is 6.92 Å². The number of hydrogen-bond acceptors (Lipinski definition) is 5. The lowest BCUT2D eigenvalue weighted by Gasteiger charge is -2.34. The molecule has 2 aromatic carbocycles. The minimum atomic E-state index is -3.39. The number of benzene rings is 2. The van der Waals surface area contributed by atoms with E-state index in [4.69, 9.17) is 14.0 Å². The van der Waals surface area contributed by atoms with Crippen LogP contribution in [0, 0.1) is 0 Å². The van der Waals surface area contributed by atoms with E-state index >= 15 is 0 Å². The Morgan fingerprint density at radius 1 is 1.00 bits per heavy atom. The van der Waals surface area contributed by atoms with E-state index in [1.54, 1.807) is 14.2 Å². The molecule has 1 unspecified atom stereocenters. The number of methoxy groups -OCH3 is 2. The number of fused-ring (bicyclic) bond motifs is 2. The monoisotopic (exact) mass is 479 g/mol. The van der Waals surface area contributed by atoms with Crippen molar-refractivity contribution in [3.63, 3.8) is 0 Å². The molecule has 34 heavy (non-hydrogen) atoms. The number of rotatable bonds is 6. The second-order valence-corrected chi connectivity index (χ2v) is 10.9. The van der Waals surface area contributed by atoms with Crippen molar-refractivity contribution < 1.29 is 23.1 Å². The van der Waals surface area contributed by atoms with Crippen molar-refractivity contribution in [3.05, 3.63) is 76.6 Å². The molecule has 1 heterocycles. The molecular weight excluding hydrogens is 447 g/mol. The first-order valence-electron chi connectivity index (χ1n) is 11.2. The van der Waals surface area contributed by atoms with Crippen LogP contribution in [0.1, 0.15) is 18.1 Å². The van der Waals surface area contributed by atoms with Gasteiger partial charge in [-0.05, 0) is 48.4 Å². The van der Waals surface area contributed by atoms with Crippen LogP contribution in [0.25, 0.3) is 5.57 Å². The number of ether oxygens (including phenoxy) is 2. The first-order valence-corrected chi connectivity index (χ1v) is 12.9. The van der Waals surface area contributed by atoms with E-state index in [2.05, 4.69) is 0 Å². The van der Waals surface area contributed by atoms with Crippen LogP contribution in [0.3, 0.4) is 0 Å². The summed E-state index contributed by atoms with van der Waals surface area (Å²) >= 11 is 0. The molecule has 1 aliphatic carbocycles. The van der Waals surface area contributed by atoms with E-state index in [1.165, 1.54) is 0 Å². The normalized spacial score (nSPS) is 18.8. The molecule has 0 spiro atoms. The van der Waals surface area contributed by atoms with Gasteiger partial charge in [0.05, 0.1) is 37.0 Å². The maximum Gasteiger partial charge on any atom is 0.262 e. The van der Waals surface area contributed by atoms with Gasteiger partial charge in [0.15, 0.2) is 5.71 Å². The molecule has 0 aromatic heterocycles. The molecule has 1 atom stereocenters. The lowest BCUT2D eigenvalue weighted by atomic mass is 9.88. The quantitative estimate of drug-likeness (QED) is 0.444. The highest BCUT2D eigenvalue weighted by atomic mass is 31.2. The highest BCUT2D eigenvalue weighted by Gasteiger charge is 2.43. The molecule has 0 radical (unpaired) electrons. The summed E-state index contributed by atoms with van der Waals surface area (Å²) in [4.78, 5) is 2.01. The average molecular weight is 480 g/mol. The van der Waals surface area contributed by atoms with Gasteiger partial charge in [-0.15, -0.1) is 0 Å². The zero-order valence-electron chi connectivity index (χ0n) is 20.9. The van der Waals surface area contributed by atoms with E-state index in [0.29, 0.717) is 28.7 Å². The van der Waals surface area contributed by atoms with Gasteiger partial charge in [0.2, 0.25) is 0 Å². The van der Waals surface area contributed by atoms with E-state index in [1.807, 2.05) is 99.2 Å². The summed E-state index contributed by atoms with van der Waals surface area (Å²) in [5.41, 5.74) is 5.37. The van der Waals surface area contributed by atoms with E-state index in [-0.39, 0.29) is 0 Å². The fraction of sp³-hybridized carbons (Fsp3) is 0.296. The minimum absolute atomic E-state index is 0.335. The Morgan fingerprint density at radius 2 is 1.68 bits per heavy atom. The predicted molar refractivity (Wildman–Crippen MR) is 140 cm³/mol. The molecule has 4 rings (SSSR count). The summed E-state index contributed by atoms with van der Waals surface area (Å²) < 4.78 is 34.5. The Morgan fingerprint density at radius 3 is 2.24 bits per heavy atom. The van der Waals surface area contributed by atoms with Gasteiger partial charge in [-0.25, -0.2) is 4.58 Å². The molecule has 0 amide bonds. The summed E-state index contributed by atoms with van der Waals surface area (Å²) in [6.07, 6.45) is 6.05. The van der Waals surface area contributed by atoms with Gasteiger partial charge in [0.1, 0.15) is 25.6 Å². The van der Waals surface area contributed by atoms with Gasteiger partial charge in [0.25, 0.3) is 7.37 Å². The van der Waals surface area contributed by atoms with Crippen molar-refractivity contribution in [1.29, 1.82) is 0 Å². The van der Waals surface area contributed by atoms with Crippen molar-refractivity contribution in [1.82, 2.24) is 0 Å². The van der Waals surface area contributed by atoms with Crippen molar-refractivity contribution in [2.75, 3.05) is 53.9 Å². The van der Waals surface area contributed by atoms with Crippen molar-refractivity contribution in [3.8, 4) is 11.5 Å². The number of allylic oxidation sites excluding steroid dienone is 5. The summed E-state index contributed by atoms with van der Waals surface area (Å²) in [6, 6.07) is 11.8. The highest BCUT2D eigenvalue weighted by Crippen LogP contribution is 2.64. The molecule has 2 aliphatic rings. The second-order valence-electron chi connectivity index (χ2n) is 8.57. The van der Waals surface area contributed by atoms with Crippen LogP contribution in [0.2, 0.25) is 0 Å². The lowest BCUT2D eigenvalue weighted by Crippen LogP contribution is -2.25. The Balaban J connectivity index is 2.19. The Kier molecular flexibility index (Phi) is 6.57. The average Bonchev–Trinajstić information content (AvgIpc) is 2.83. The third-order valence-electron chi connectivity index (χ3n) is 6.16. The fourth-order valence-corrected chi connectivity index (χ4v) is 6.98. The van der Waals surface area contributed by atoms with Crippen LogP contribution in [-0.2, 0) is 9.09 Å². The molecule has 0 bridgehead atoms. The lowest BCUT2D eigenvalue weighted by molar-refractivity contribution is -0.462. The smallest absolute Gasteiger partial charge is 0.262 e. The van der Waals surface area contributed by atoms with Crippen LogP contribution in [0.5, 0.6) is 11.5 Å². The van der Waals surface area contributed by atoms with E-state index < -0.39 is 7.37 Å². The summed E-state index contributed by atoms with van der Waals surface area (Å²) in [6.45, 7) is 2.22. The molecule has 1 aliphatic heterocycles. The molecule has 0 saturated carbocycles. The topological polar surface area (TPSA) is 51.0 Å². The van der Waals surface area contributed by atoms with Gasteiger partial charge in [-0.2, -0.15) is 0 Å². The second kappa shape index (κ2) is 9.28. The standard InChI is InChI=1S/C27H32N2O4P/c1-8-33-34(30)24-16-18(28(2)3)12-14-20(24)26(21-15-13-19(29(4)5)17-25(21)34)27-22(31-6)10-9-11-23(27)32-7/h9-17H,8H2,1-7H3/q+1. The Labute approximate surface area is 201 Å². The van der Waals surface area contributed by atoms with Crippen LogP contribution >= 0.6 is 7.37 Å². The number of nitrogens with zero attached hydrogens (tertiary/aromatic N) is 2. The van der Waals surface area contributed by atoms with Crippen LogP contribution in [0.4, 0.5) is 5.69 Å². The molecule has 6 nitrogen and oxygen atoms in total. The zero-order valence-corrected chi connectivity index (χ0v) is 21.8. The van der Waals surface area contributed by atoms with Crippen LogP contribution in [0.15, 0.2) is 65.5 Å². The van der Waals surface area contributed by atoms with E-state index in [9.17, 15) is 4.57 Å². The largest absolute Gasteiger partial charge is 0.496 e.